The van der Waals surface area contributed by atoms with E-state index in [1.54, 1.807) is 0 Å². The molecule has 2 aliphatic heterocycles. The van der Waals surface area contributed by atoms with Gasteiger partial charge in [-0.05, 0) is 18.2 Å². The van der Waals surface area contributed by atoms with Gasteiger partial charge in [-0.2, -0.15) is 9.41 Å². The summed E-state index contributed by atoms with van der Waals surface area (Å²) in [7, 11) is -2.30. The van der Waals surface area contributed by atoms with E-state index in [0.29, 0.717) is 19.0 Å². The van der Waals surface area contributed by atoms with E-state index in [-0.39, 0.29) is 48.1 Å². The summed E-state index contributed by atoms with van der Waals surface area (Å²) in [5.41, 5.74) is 2.60. The third kappa shape index (κ3) is 4.26. The first-order valence-corrected chi connectivity index (χ1v) is 9.78. The standard InChI is InChI=1S/C16H20N4O6S/c1-25-14-4-2-11(27(23,24)20-6-8-26-9-7-20)10-13(14)17-16(22)12-3-5-15(21)19-18-12/h2,4,10H,3,5-9H2,1H3,(H,17,22)(H,19,21). The smallest absolute Gasteiger partial charge is 0.271 e. The van der Waals surface area contributed by atoms with Gasteiger partial charge < -0.3 is 14.8 Å². The molecular formula is C16H20N4O6S. The second kappa shape index (κ2) is 8.03. The van der Waals surface area contributed by atoms with E-state index in [0.717, 1.165) is 0 Å². The molecule has 146 valence electrons. The quantitative estimate of drug-likeness (QED) is 0.717. The van der Waals surface area contributed by atoms with Gasteiger partial charge in [-0.1, -0.05) is 0 Å². The zero-order chi connectivity index (χ0) is 19.4. The summed E-state index contributed by atoms with van der Waals surface area (Å²) in [6.07, 6.45) is 0.362. The zero-order valence-corrected chi connectivity index (χ0v) is 15.5. The van der Waals surface area contributed by atoms with Crippen LogP contribution in [0.2, 0.25) is 0 Å². The molecule has 1 saturated heterocycles. The van der Waals surface area contributed by atoms with Crippen molar-refractivity contribution in [3.05, 3.63) is 18.2 Å². The number of sulfonamides is 1. The second-order valence-corrected chi connectivity index (χ2v) is 7.86. The van der Waals surface area contributed by atoms with Crippen LogP contribution in [0.5, 0.6) is 5.75 Å². The molecule has 0 aromatic heterocycles. The monoisotopic (exact) mass is 396 g/mol. The molecule has 0 atom stereocenters. The van der Waals surface area contributed by atoms with E-state index in [1.165, 1.54) is 29.6 Å². The van der Waals surface area contributed by atoms with Gasteiger partial charge in [-0.25, -0.2) is 13.8 Å². The van der Waals surface area contributed by atoms with Crippen molar-refractivity contribution in [2.45, 2.75) is 17.7 Å². The number of hydrogen-bond donors (Lipinski definition) is 2. The first kappa shape index (κ1) is 19.3. The Labute approximate surface area is 156 Å². The molecular weight excluding hydrogens is 376 g/mol. The highest BCUT2D eigenvalue weighted by Crippen LogP contribution is 2.29. The van der Waals surface area contributed by atoms with E-state index in [2.05, 4.69) is 15.8 Å². The van der Waals surface area contributed by atoms with Crippen LogP contribution < -0.4 is 15.5 Å². The predicted molar refractivity (Wildman–Crippen MR) is 96.0 cm³/mol. The van der Waals surface area contributed by atoms with Crippen LogP contribution in [0.25, 0.3) is 0 Å². The maximum absolute atomic E-state index is 12.8. The van der Waals surface area contributed by atoms with Crippen molar-refractivity contribution in [2.24, 2.45) is 5.10 Å². The lowest BCUT2D eigenvalue weighted by Gasteiger charge is -2.26. The molecule has 2 heterocycles. The average molecular weight is 396 g/mol. The van der Waals surface area contributed by atoms with Gasteiger partial charge in [0.25, 0.3) is 5.91 Å². The van der Waals surface area contributed by atoms with Crippen molar-refractivity contribution in [2.75, 3.05) is 38.7 Å². The molecule has 2 amide bonds. The number of anilines is 1. The van der Waals surface area contributed by atoms with Crippen LogP contribution in [0.3, 0.4) is 0 Å². The van der Waals surface area contributed by atoms with E-state index in [9.17, 15) is 18.0 Å². The summed E-state index contributed by atoms with van der Waals surface area (Å²) in [5, 5.41) is 6.34. The first-order valence-electron chi connectivity index (χ1n) is 8.34. The number of methoxy groups -OCH3 is 1. The maximum Gasteiger partial charge on any atom is 0.271 e. The lowest BCUT2D eigenvalue weighted by Crippen LogP contribution is -2.40. The van der Waals surface area contributed by atoms with Gasteiger partial charge in [0.15, 0.2) is 0 Å². The Balaban J connectivity index is 1.85. The van der Waals surface area contributed by atoms with Crippen LogP contribution in [0.15, 0.2) is 28.2 Å². The molecule has 1 aromatic rings. The third-order valence-electron chi connectivity index (χ3n) is 4.19. The second-order valence-electron chi connectivity index (χ2n) is 5.93. The molecule has 2 N–H and O–H groups in total. The summed E-state index contributed by atoms with van der Waals surface area (Å²) >= 11 is 0. The Morgan fingerprint density at radius 3 is 2.67 bits per heavy atom. The molecule has 3 rings (SSSR count). The van der Waals surface area contributed by atoms with Gasteiger partial charge in [-0.15, -0.1) is 0 Å². The van der Waals surface area contributed by atoms with E-state index < -0.39 is 15.9 Å². The van der Waals surface area contributed by atoms with Crippen molar-refractivity contribution in [1.82, 2.24) is 9.73 Å². The van der Waals surface area contributed by atoms with Crippen molar-refractivity contribution in [1.29, 1.82) is 0 Å². The van der Waals surface area contributed by atoms with Crippen molar-refractivity contribution >= 4 is 33.2 Å². The fourth-order valence-corrected chi connectivity index (χ4v) is 4.15. The summed E-state index contributed by atoms with van der Waals surface area (Å²) in [4.78, 5) is 23.6. The van der Waals surface area contributed by atoms with Gasteiger partial charge in [-0.3, -0.25) is 9.59 Å². The zero-order valence-electron chi connectivity index (χ0n) is 14.7. The molecule has 1 fully saturated rings. The number of nitrogens with zero attached hydrogens (tertiary/aromatic N) is 2. The van der Waals surface area contributed by atoms with Crippen molar-refractivity contribution in [3.8, 4) is 5.75 Å². The summed E-state index contributed by atoms with van der Waals surface area (Å²) in [6.45, 7) is 1.22. The Morgan fingerprint density at radius 2 is 2.04 bits per heavy atom. The number of rotatable bonds is 5. The number of hydrazone groups is 1. The molecule has 0 saturated carbocycles. The van der Waals surface area contributed by atoms with Gasteiger partial charge in [0.2, 0.25) is 15.9 Å². The summed E-state index contributed by atoms with van der Waals surface area (Å²) in [5.74, 6) is -0.485. The maximum atomic E-state index is 12.8. The molecule has 0 aliphatic carbocycles. The first-order chi connectivity index (χ1) is 12.9. The molecule has 1 aromatic carbocycles. The van der Waals surface area contributed by atoms with Crippen LogP contribution >= 0.6 is 0 Å². The minimum Gasteiger partial charge on any atom is -0.495 e. The molecule has 11 heteroatoms. The molecule has 0 spiro atoms. The van der Waals surface area contributed by atoms with Crippen LogP contribution in [-0.4, -0.2) is 63.7 Å². The number of benzene rings is 1. The Morgan fingerprint density at radius 1 is 1.30 bits per heavy atom. The minimum atomic E-state index is -3.72. The summed E-state index contributed by atoms with van der Waals surface area (Å²) < 4.78 is 37.4. The number of nitrogens with one attached hydrogen (secondary N) is 2. The molecule has 10 nitrogen and oxygen atoms in total. The normalized spacial score (nSPS) is 18.4. The molecule has 2 aliphatic rings. The number of hydrogen-bond acceptors (Lipinski definition) is 7. The average Bonchev–Trinajstić information content (AvgIpc) is 2.69. The lowest BCUT2D eigenvalue weighted by atomic mass is 10.1. The number of carbonyl (C=O) groups is 2. The van der Waals surface area contributed by atoms with Crippen LogP contribution in [0.4, 0.5) is 5.69 Å². The highest BCUT2D eigenvalue weighted by Gasteiger charge is 2.28. The van der Waals surface area contributed by atoms with Crippen LogP contribution in [-0.2, 0) is 24.3 Å². The van der Waals surface area contributed by atoms with Crippen molar-refractivity contribution < 1.29 is 27.5 Å². The topological polar surface area (TPSA) is 126 Å². The van der Waals surface area contributed by atoms with Gasteiger partial charge in [0.05, 0.1) is 30.9 Å². The van der Waals surface area contributed by atoms with Gasteiger partial charge >= 0.3 is 0 Å². The lowest BCUT2D eigenvalue weighted by molar-refractivity contribution is -0.121. The predicted octanol–water partition coefficient (Wildman–Crippen LogP) is -0.0794. The van der Waals surface area contributed by atoms with Gasteiger partial charge in [0, 0.05) is 25.9 Å². The number of ether oxygens (including phenoxy) is 2. The largest absolute Gasteiger partial charge is 0.495 e. The number of amides is 2. The molecule has 27 heavy (non-hydrogen) atoms. The Bertz CT molecular complexity index is 877. The number of morpholine rings is 1. The molecule has 0 unspecified atom stereocenters. The fourth-order valence-electron chi connectivity index (χ4n) is 2.71. The van der Waals surface area contributed by atoms with Crippen molar-refractivity contribution in [3.63, 3.8) is 0 Å². The van der Waals surface area contributed by atoms with E-state index in [1.807, 2.05) is 0 Å². The molecule has 0 bridgehead atoms. The van der Waals surface area contributed by atoms with Crippen LogP contribution in [0, 0.1) is 0 Å². The fraction of sp³-hybridized carbons (Fsp3) is 0.438. The third-order valence-corrected chi connectivity index (χ3v) is 6.09. The highest BCUT2D eigenvalue weighted by atomic mass is 32.2. The number of carbonyl (C=O) groups excluding carboxylic acids is 2. The highest BCUT2D eigenvalue weighted by molar-refractivity contribution is 7.89. The van der Waals surface area contributed by atoms with Crippen LogP contribution in [0.1, 0.15) is 12.8 Å². The van der Waals surface area contributed by atoms with Gasteiger partial charge in [0.1, 0.15) is 11.5 Å². The SMILES string of the molecule is COc1ccc(S(=O)(=O)N2CCOCC2)cc1NC(=O)C1=NNC(=O)CC1. The molecule has 0 radical (unpaired) electrons. The van der Waals surface area contributed by atoms with E-state index >= 15 is 0 Å². The Hall–Kier alpha value is -2.50. The Kier molecular flexibility index (Phi) is 5.73. The minimum absolute atomic E-state index is 0.0411. The summed E-state index contributed by atoms with van der Waals surface area (Å²) in [6, 6.07) is 4.26. The van der Waals surface area contributed by atoms with E-state index in [4.69, 9.17) is 9.47 Å².